The zero-order chi connectivity index (χ0) is 15.7. The molecule has 0 bridgehead atoms. The van der Waals surface area contributed by atoms with Gasteiger partial charge in [0.05, 0.1) is 0 Å². The van der Waals surface area contributed by atoms with Gasteiger partial charge in [-0.1, -0.05) is 36.8 Å². The molecule has 0 atom stereocenters. The first-order valence-electron chi connectivity index (χ1n) is 9.33. The largest absolute Gasteiger partial charge is 0.317 e. The van der Waals surface area contributed by atoms with Gasteiger partial charge in [-0.2, -0.15) is 5.43 Å². The van der Waals surface area contributed by atoms with Gasteiger partial charge in [0.2, 0.25) is 0 Å². The van der Waals surface area contributed by atoms with Gasteiger partial charge in [-0.25, -0.2) is 5.01 Å². The van der Waals surface area contributed by atoms with E-state index in [1.54, 1.807) is 0 Å². The number of likely N-dealkylation sites (tertiary alicyclic amines) is 1. The van der Waals surface area contributed by atoms with Gasteiger partial charge in [0.15, 0.2) is 0 Å². The van der Waals surface area contributed by atoms with E-state index in [2.05, 4.69) is 45.6 Å². The summed E-state index contributed by atoms with van der Waals surface area (Å²) in [5.74, 6) is 0. The molecule has 127 valence electrons. The lowest BCUT2D eigenvalue weighted by Crippen LogP contribution is -2.48. The summed E-state index contributed by atoms with van der Waals surface area (Å²) in [7, 11) is 0. The fourth-order valence-electron chi connectivity index (χ4n) is 3.67. The maximum Gasteiger partial charge on any atom is 0.0434 e. The topological polar surface area (TPSA) is 32.6 Å². The third-order valence-electron chi connectivity index (χ3n) is 5.06. The standard InChI is InChI=1S/C19H31N4/c1-3-7-18(8-4-1)17-23(19-9-11-20-12-10-19)21-13-16-22-14-5-2-6-15-22/h1,3-4,7-8,19-20H,2,5-6,9-17H2. The molecule has 2 fully saturated rings. The summed E-state index contributed by atoms with van der Waals surface area (Å²) in [5, 5.41) is 5.84. The summed E-state index contributed by atoms with van der Waals surface area (Å²) in [5.41, 5.74) is 6.37. The van der Waals surface area contributed by atoms with Crippen molar-refractivity contribution >= 4 is 0 Å². The average molecular weight is 315 g/mol. The van der Waals surface area contributed by atoms with Crippen molar-refractivity contribution in [3.63, 3.8) is 0 Å². The number of piperidine rings is 2. The smallest absolute Gasteiger partial charge is 0.0434 e. The fraction of sp³-hybridized carbons (Fsp3) is 0.684. The molecular formula is C19H31N4. The molecule has 3 rings (SSSR count). The van der Waals surface area contributed by atoms with E-state index in [9.17, 15) is 0 Å². The van der Waals surface area contributed by atoms with Gasteiger partial charge in [-0.05, 0) is 57.4 Å². The maximum absolute atomic E-state index is 5.00. The highest BCUT2D eigenvalue weighted by atomic mass is 15.5. The Kier molecular flexibility index (Phi) is 6.89. The van der Waals surface area contributed by atoms with E-state index in [0.29, 0.717) is 6.04 Å². The molecule has 23 heavy (non-hydrogen) atoms. The molecular weight excluding hydrogens is 284 g/mol. The first-order chi connectivity index (χ1) is 11.4. The van der Waals surface area contributed by atoms with Crippen LogP contribution in [0.25, 0.3) is 0 Å². The van der Waals surface area contributed by atoms with Gasteiger partial charge in [0.1, 0.15) is 0 Å². The van der Waals surface area contributed by atoms with E-state index in [1.807, 2.05) is 0 Å². The van der Waals surface area contributed by atoms with Crippen molar-refractivity contribution < 1.29 is 0 Å². The highest BCUT2D eigenvalue weighted by molar-refractivity contribution is 5.14. The SMILES string of the molecule is c1ccc(CN([N]CCN2CCCCC2)C2CCNCC2)cc1. The lowest BCUT2D eigenvalue weighted by molar-refractivity contribution is 0.0773. The normalized spacial score (nSPS) is 20.9. The van der Waals surface area contributed by atoms with Gasteiger partial charge >= 0.3 is 0 Å². The molecule has 2 aliphatic heterocycles. The van der Waals surface area contributed by atoms with Gasteiger partial charge in [0, 0.05) is 25.7 Å². The monoisotopic (exact) mass is 315 g/mol. The number of benzene rings is 1. The van der Waals surface area contributed by atoms with Crippen molar-refractivity contribution in [3.8, 4) is 0 Å². The van der Waals surface area contributed by atoms with Crippen LogP contribution in [0.2, 0.25) is 0 Å². The Bertz CT molecular complexity index is 424. The zero-order valence-corrected chi connectivity index (χ0v) is 14.3. The summed E-state index contributed by atoms with van der Waals surface area (Å²) in [6.07, 6.45) is 6.55. The van der Waals surface area contributed by atoms with E-state index >= 15 is 0 Å². The summed E-state index contributed by atoms with van der Waals surface area (Å²) in [6, 6.07) is 11.4. The predicted octanol–water partition coefficient (Wildman–Crippen LogP) is 2.25. The Labute approximate surface area is 141 Å². The van der Waals surface area contributed by atoms with Crippen LogP contribution in [0.3, 0.4) is 0 Å². The van der Waals surface area contributed by atoms with E-state index in [0.717, 1.165) is 32.7 Å². The second-order valence-electron chi connectivity index (χ2n) is 6.83. The van der Waals surface area contributed by atoms with Crippen molar-refractivity contribution in [1.29, 1.82) is 0 Å². The van der Waals surface area contributed by atoms with Crippen molar-refractivity contribution in [3.05, 3.63) is 35.9 Å². The minimum Gasteiger partial charge on any atom is -0.317 e. The van der Waals surface area contributed by atoms with Crippen LogP contribution < -0.4 is 10.7 Å². The Morgan fingerprint density at radius 2 is 1.78 bits per heavy atom. The van der Waals surface area contributed by atoms with Crippen LogP contribution in [-0.2, 0) is 6.54 Å². The summed E-state index contributed by atoms with van der Waals surface area (Å²) >= 11 is 0. The van der Waals surface area contributed by atoms with E-state index in [4.69, 9.17) is 5.43 Å². The van der Waals surface area contributed by atoms with Crippen LogP contribution >= 0.6 is 0 Å². The van der Waals surface area contributed by atoms with Gasteiger partial charge < -0.3 is 10.2 Å². The minimum atomic E-state index is 0.595. The minimum absolute atomic E-state index is 0.595. The highest BCUT2D eigenvalue weighted by Gasteiger charge is 2.22. The summed E-state index contributed by atoms with van der Waals surface area (Å²) in [4.78, 5) is 2.58. The second-order valence-corrected chi connectivity index (χ2v) is 6.83. The zero-order valence-electron chi connectivity index (χ0n) is 14.3. The maximum atomic E-state index is 5.00. The van der Waals surface area contributed by atoms with E-state index in [-0.39, 0.29) is 0 Å². The lowest BCUT2D eigenvalue weighted by Gasteiger charge is -2.34. The average Bonchev–Trinajstić information content (AvgIpc) is 2.63. The number of hydrogen-bond donors (Lipinski definition) is 1. The van der Waals surface area contributed by atoms with E-state index in [1.165, 1.54) is 50.8 Å². The van der Waals surface area contributed by atoms with Crippen LogP contribution in [0.5, 0.6) is 0 Å². The molecule has 2 heterocycles. The van der Waals surface area contributed by atoms with Crippen LogP contribution in [0, 0.1) is 0 Å². The first kappa shape index (κ1) is 16.9. The number of rotatable bonds is 7. The van der Waals surface area contributed by atoms with Crippen molar-refractivity contribution in [1.82, 2.24) is 20.7 Å². The Morgan fingerprint density at radius 1 is 1.04 bits per heavy atom. The molecule has 1 aromatic carbocycles. The molecule has 0 aromatic heterocycles. The quantitative estimate of drug-likeness (QED) is 0.783. The molecule has 4 nitrogen and oxygen atoms in total. The number of nitrogens with zero attached hydrogens (tertiary/aromatic N) is 3. The lowest BCUT2D eigenvalue weighted by atomic mass is 10.1. The van der Waals surface area contributed by atoms with Crippen LogP contribution in [0.4, 0.5) is 0 Å². The molecule has 0 amide bonds. The van der Waals surface area contributed by atoms with E-state index < -0.39 is 0 Å². The predicted molar refractivity (Wildman–Crippen MR) is 95.2 cm³/mol. The molecule has 2 saturated heterocycles. The summed E-state index contributed by atoms with van der Waals surface area (Å²) in [6.45, 7) is 7.79. The molecule has 1 aromatic rings. The molecule has 0 unspecified atom stereocenters. The van der Waals surface area contributed by atoms with Crippen LogP contribution in [-0.4, -0.2) is 55.2 Å². The molecule has 1 radical (unpaired) electrons. The first-order valence-corrected chi connectivity index (χ1v) is 9.33. The number of hydrogen-bond acceptors (Lipinski definition) is 3. The van der Waals surface area contributed by atoms with Crippen LogP contribution in [0.1, 0.15) is 37.7 Å². The highest BCUT2D eigenvalue weighted by Crippen LogP contribution is 2.14. The second kappa shape index (κ2) is 9.38. The fourth-order valence-corrected chi connectivity index (χ4v) is 3.67. The van der Waals surface area contributed by atoms with Gasteiger partial charge in [-0.15, -0.1) is 0 Å². The molecule has 4 heteroatoms. The number of nitrogens with one attached hydrogen (secondary N) is 1. The molecule has 0 aliphatic carbocycles. The molecule has 2 aliphatic rings. The molecule has 0 saturated carbocycles. The van der Waals surface area contributed by atoms with Crippen LogP contribution in [0.15, 0.2) is 30.3 Å². The van der Waals surface area contributed by atoms with Crippen molar-refractivity contribution in [2.45, 2.75) is 44.7 Å². The third-order valence-corrected chi connectivity index (χ3v) is 5.06. The molecule has 0 spiro atoms. The van der Waals surface area contributed by atoms with Gasteiger partial charge in [-0.3, -0.25) is 0 Å². The Morgan fingerprint density at radius 3 is 2.52 bits per heavy atom. The third kappa shape index (κ3) is 5.57. The Hall–Kier alpha value is -0.940. The Balaban J connectivity index is 1.51. The summed E-state index contributed by atoms with van der Waals surface area (Å²) < 4.78 is 0. The van der Waals surface area contributed by atoms with Crippen molar-refractivity contribution in [2.75, 3.05) is 39.3 Å². The van der Waals surface area contributed by atoms with Gasteiger partial charge in [0.25, 0.3) is 0 Å². The van der Waals surface area contributed by atoms with Crippen molar-refractivity contribution in [2.24, 2.45) is 0 Å². The molecule has 1 N–H and O–H groups in total.